The lowest BCUT2D eigenvalue weighted by Crippen LogP contribution is -2.65. The fourth-order valence-corrected chi connectivity index (χ4v) is 5.43. The van der Waals surface area contributed by atoms with Crippen LogP contribution in [-0.4, -0.2) is 33.2 Å². The van der Waals surface area contributed by atoms with Crippen molar-refractivity contribution >= 4 is 29.1 Å². The molecule has 5 rings (SSSR count). The highest BCUT2D eigenvalue weighted by Gasteiger charge is 2.49. The van der Waals surface area contributed by atoms with Gasteiger partial charge in [-0.15, -0.1) is 0 Å². The predicted molar refractivity (Wildman–Crippen MR) is 139 cm³/mol. The first-order valence-corrected chi connectivity index (χ1v) is 12.8. The van der Waals surface area contributed by atoms with Crippen LogP contribution in [0.2, 0.25) is 5.02 Å². The maximum absolute atomic E-state index is 13.9. The van der Waals surface area contributed by atoms with Crippen molar-refractivity contribution in [3.05, 3.63) is 70.9 Å². The van der Waals surface area contributed by atoms with E-state index in [1.165, 1.54) is 12.0 Å². The summed E-state index contributed by atoms with van der Waals surface area (Å²) in [6, 6.07) is 17.3. The zero-order valence-electron chi connectivity index (χ0n) is 20.3. The number of anilines is 1. The minimum Gasteiger partial charge on any atom is -0.351 e. The highest BCUT2D eigenvalue weighted by molar-refractivity contribution is 6.31. The molecule has 182 valence electrons. The molecule has 2 aromatic carbocycles. The van der Waals surface area contributed by atoms with Gasteiger partial charge in [-0.2, -0.15) is 5.10 Å². The molecule has 2 heterocycles. The van der Waals surface area contributed by atoms with Gasteiger partial charge in [-0.05, 0) is 56.0 Å². The van der Waals surface area contributed by atoms with Crippen LogP contribution in [0.15, 0.2) is 54.6 Å². The third-order valence-electron chi connectivity index (χ3n) is 7.31. The van der Waals surface area contributed by atoms with E-state index in [2.05, 4.69) is 24.4 Å². The summed E-state index contributed by atoms with van der Waals surface area (Å²) < 4.78 is 1.69. The fourth-order valence-electron chi connectivity index (χ4n) is 5.24. The van der Waals surface area contributed by atoms with E-state index in [1.807, 2.05) is 31.2 Å². The molecule has 1 fully saturated rings. The molecule has 1 atom stereocenters. The Balaban J connectivity index is 1.54. The van der Waals surface area contributed by atoms with Crippen molar-refractivity contribution in [1.29, 1.82) is 0 Å². The molecule has 1 saturated carbocycles. The molecule has 0 radical (unpaired) electrons. The summed E-state index contributed by atoms with van der Waals surface area (Å²) in [5, 5.41) is 8.51. The van der Waals surface area contributed by atoms with E-state index in [-0.39, 0.29) is 24.4 Å². The average molecular weight is 491 g/mol. The van der Waals surface area contributed by atoms with Crippen molar-refractivity contribution in [2.75, 3.05) is 4.90 Å². The third-order valence-corrected chi connectivity index (χ3v) is 7.54. The summed E-state index contributed by atoms with van der Waals surface area (Å²) in [4.78, 5) is 29.3. The first kappa shape index (κ1) is 23.6. The highest BCUT2D eigenvalue weighted by Crippen LogP contribution is 2.35. The first-order valence-electron chi connectivity index (χ1n) is 12.5. The summed E-state index contributed by atoms with van der Waals surface area (Å²) >= 11 is 6.29. The van der Waals surface area contributed by atoms with Crippen LogP contribution < -0.4 is 10.2 Å². The van der Waals surface area contributed by atoms with E-state index < -0.39 is 5.54 Å². The van der Waals surface area contributed by atoms with Crippen molar-refractivity contribution in [1.82, 2.24) is 15.1 Å². The lowest BCUT2D eigenvalue weighted by atomic mass is 9.91. The molecular formula is C28H31ClN4O2. The standard InChI is InChI=1S/C28H31ClN4O2/c1-3-19-12-14-20(15-13-19)24-17-25-26(34)33(23-11-7-8-21(29)16-23)28(2,18-32(25)31-24)27(35)30-22-9-5-4-6-10-22/h7-8,11-17,22H,3-6,9-10,18H2,1-2H3,(H,30,35)/t28-/m1/s1. The van der Waals surface area contributed by atoms with Gasteiger partial charge in [0.05, 0.1) is 12.2 Å². The average Bonchev–Trinajstić information content (AvgIpc) is 3.29. The van der Waals surface area contributed by atoms with Crippen molar-refractivity contribution in [2.45, 2.75) is 70.5 Å². The van der Waals surface area contributed by atoms with Gasteiger partial charge in [-0.1, -0.05) is 68.1 Å². The molecule has 1 aliphatic carbocycles. The first-order chi connectivity index (χ1) is 16.9. The molecular weight excluding hydrogens is 460 g/mol. The summed E-state index contributed by atoms with van der Waals surface area (Å²) in [5.74, 6) is -0.420. The number of halogens is 1. The molecule has 0 saturated heterocycles. The van der Waals surface area contributed by atoms with E-state index >= 15 is 0 Å². The quantitative estimate of drug-likeness (QED) is 0.503. The van der Waals surface area contributed by atoms with Crippen LogP contribution in [0.1, 0.15) is 62.0 Å². The minimum atomic E-state index is -1.15. The molecule has 0 unspecified atom stereocenters. The number of nitrogens with zero attached hydrogens (tertiary/aromatic N) is 3. The number of nitrogens with one attached hydrogen (secondary N) is 1. The molecule has 3 aromatic rings. The topological polar surface area (TPSA) is 67.2 Å². The molecule has 0 spiro atoms. The predicted octanol–water partition coefficient (Wildman–Crippen LogP) is 5.63. The van der Waals surface area contributed by atoms with Crippen molar-refractivity contribution < 1.29 is 9.59 Å². The SMILES string of the molecule is CCc1ccc(-c2cc3n(n2)C[C@](C)(C(=O)NC2CCCCC2)N(c2cccc(Cl)c2)C3=O)cc1. The van der Waals surface area contributed by atoms with E-state index in [9.17, 15) is 9.59 Å². The van der Waals surface area contributed by atoms with Gasteiger partial charge >= 0.3 is 0 Å². The van der Waals surface area contributed by atoms with Crippen LogP contribution >= 0.6 is 11.6 Å². The zero-order valence-corrected chi connectivity index (χ0v) is 21.0. The Morgan fingerprint density at radius 1 is 1.11 bits per heavy atom. The molecule has 35 heavy (non-hydrogen) atoms. The van der Waals surface area contributed by atoms with Crippen molar-refractivity contribution in [2.24, 2.45) is 0 Å². The number of benzene rings is 2. The normalized spacial score (nSPS) is 20.5. The van der Waals surface area contributed by atoms with Crippen LogP contribution in [0.4, 0.5) is 5.69 Å². The lowest BCUT2D eigenvalue weighted by Gasteiger charge is -2.44. The van der Waals surface area contributed by atoms with E-state index in [1.54, 1.807) is 27.8 Å². The smallest absolute Gasteiger partial charge is 0.277 e. The Hall–Kier alpha value is -3.12. The Bertz CT molecular complexity index is 1250. The number of carbonyl (C=O) groups is 2. The Labute approximate surface area is 211 Å². The number of hydrogen-bond acceptors (Lipinski definition) is 3. The second kappa shape index (κ2) is 9.50. The van der Waals surface area contributed by atoms with Crippen molar-refractivity contribution in [3.63, 3.8) is 0 Å². The maximum Gasteiger partial charge on any atom is 0.277 e. The summed E-state index contributed by atoms with van der Waals surface area (Å²) in [6.07, 6.45) is 6.33. The second-order valence-electron chi connectivity index (χ2n) is 9.83. The summed E-state index contributed by atoms with van der Waals surface area (Å²) in [7, 11) is 0. The molecule has 6 nitrogen and oxygen atoms in total. The van der Waals surface area contributed by atoms with Crippen LogP contribution in [0.25, 0.3) is 11.3 Å². The summed E-state index contributed by atoms with van der Waals surface area (Å²) in [5.41, 5.74) is 2.82. The van der Waals surface area contributed by atoms with Gasteiger partial charge in [0, 0.05) is 22.3 Å². The van der Waals surface area contributed by atoms with Crippen LogP contribution in [0.3, 0.4) is 0 Å². The molecule has 1 aliphatic heterocycles. The number of aryl methyl sites for hydroxylation is 1. The minimum absolute atomic E-state index is 0.135. The zero-order chi connectivity index (χ0) is 24.6. The van der Waals surface area contributed by atoms with Crippen LogP contribution in [0.5, 0.6) is 0 Å². The van der Waals surface area contributed by atoms with Gasteiger partial charge in [0.15, 0.2) is 0 Å². The Morgan fingerprint density at radius 2 is 1.86 bits per heavy atom. The largest absolute Gasteiger partial charge is 0.351 e. The monoisotopic (exact) mass is 490 g/mol. The molecule has 2 amide bonds. The van der Waals surface area contributed by atoms with Gasteiger partial charge in [-0.3, -0.25) is 19.2 Å². The van der Waals surface area contributed by atoms with Crippen LogP contribution in [-0.2, 0) is 17.8 Å². The molecule has 7 heteroatoms. The van der Waals surface area contributed by atoms with E-state index in [4.69, 9.17) is 16.7 Å². The van der Waals surface area contributed by atoms with Gasteiger partial charge in [0.2, 0.25) is 5.91 Å². The van der Waals surface area contributed by atoms with Gasteiger partial charge in [0.25, 0.3) is 5.91 Å². The number of carbonyl (C=O) groups excluding carboxylic acids is 2. The molecule has 1 N–H and O–H groups in total. The van der Waals surface area contributed by atoms with Crippen molar-refractivity contribution in [3.8, 4) is 11.3 Å². The Kier molecular flexibility index (Phi) is 6.41. The number of amides is 2. The third kappa shape index (κ3) is 4.47. The number of hydrogen-bond donors (Lipinski definition) is 1. The lowest BCUT2D eigenvalue weighted by molar-refractivity contribution is -0.127. The fraction of sp³-hybridized carbons (Fsp3) is 0.393. The van der Waals surface area contributed by atoms with Gasteiger partial charge < -0.3 is 5.32 Å². The highest BCUT2D eigenvalue weighted by atomic mass is 35.5. The van der Waals surface area contributed by atoms with Crippen LogP contribution in [0, 0.1) is 0 Å². The number of aromatic nitrogens is 2. The van der Waals surface area contributed by atoms with E-state index in [0.29, 0.717) is 16.4 Å². The van der Waals surface area contributed by atoms with Gasteiger partial charge in [0.1, 0.15) is 11.2 Å². The molecule has 1 aromatic heterocycles. The number of rotatable bonds is 5. The molecule has 2 aliphatic rings. The maximum atomic E-state index is 13.9. The van der Waals surface area contributed by atoms with Gasteiger partial charge in [-0.25, -0.2) is 0 Å². The number of fused-ring (bicyclic) bond motifs is 1. The molecule has 0 bridgehead atoms. The summed E-state index contributed by atoms with van der Waals surface area (Å²) in [6.45, 7) is 4.20. The van der Waals surface area contributed by atoms with E-state index in [0.717, 1.165) is 43.4 Å². The second-order valence-corrected chi connectivity index (χ2v) is 10.3. The Morgan fingerprint density at radius 3 is 2.54 bits per heavy atom.